The van der Waals surface area contributed by atoms with Gasteiger partial charge in [0.25, 0.3) is 0 Å². The molecule has 0 saturated carbocycles. The number of hydrogen-bond donors (Lipinski definition) is 0. The molecule has 2 heteroatoms. The maximum absolute atomic E-state index is 2.53. The van der Waals surface area contributed by atoms with Crippen molar-refractivity contribution in [3.63, 3.8) is 0 Å². The molecule has 1 atom stereocenters. The highest BCUT2D eigenvalue weighted by atomic mass is 32.2. The minimum absolute atomic E-state index is 0.856. The van der Waals surface area contributed by atoms with Gasteiger partial charge in [-0.2, -0.15) is 0 Å². The van der Waals surface area contributed by atoms with Gasteiger partial charge in [0.05, 0.1) is 8.07 Å². The second-order valence-electron chi connectivity index (χ2n) is 8.26. The van der Waals surface area contributed by atoms with E-state index in [-0.39, 0.29) is 0 Å². The predicted molar refractivity (Wildman–Crippen MR) is 116 cm³/mol. The second-order valence-corrected chi connectivity index (χ2v) is 15.4. The first-order valence-corrected chi connectivity index (χ1v) is 14.7. The molecule has 0 aromatic heterocycles. The fraction of sp³-hybridized carbons (Fsp3) is 0.727. The quantitative estimate of drug-likeness (QED) is 0.181. The van der Waals surface area contributed by atoms with Gasteiger partial charge in [0, 0.05) is 9.77 Å². The minimum atomic E-state index is -1.10. The summed E-state index contributed by atoms with van der Waals surface area (Å²) in [6.07, 6.45) is 15.8. The Hall–Kier alpha value is -0.213. The Labute approximate surface area is 157 Å². The Kier molecular flexibility index (Phi) is 11.9. The SMILES string of the molecule is CCCCCCCCCCCCC(Sc1ccccc1)[Si](C)(C)C. The third-order valence-corrected chi connectivity index (χ3v) is 10.6. The maximum atomic E-state index is 2.53. The van der Waals surface area contributed by atoms with Gasteiger partial charge in [-0.3, -0.25) is 0 Å². The van der Waals surface area contributed by atoms with E-state index in [1.807, 2.05) is 0 Å². The molecule has 0 amide bonds. The first-order chi connectivity index (χ1) is 11.5. The number of benzene rings is 1. The van der Waals surface area contributed by atoms with Gasteiger partial charge < -0.3 is 0 Å². The molecule has 0 aliphatic heterocycles. The van der Waals surface area contributed by atoms with Crippen LogP contribution in [0.25, 0.3) is 0 Å². The summed E-state index contributed by atoms with van der Waals surface area (Å²) in [7, 11) is -1.10. The Morgan fingerprint density at radius 1 is 0.750 bits per heavy atom. The zero-order chi connectivity index (χ0) is 17.7. The molecule has 0 radical (unpaired) electrons. The van der Waals surface area contributed by atoms with Crippen LogP contribution in [0.4, 0.5) is 0 Å². The summed E-state index contributed by atoms with van der Waals surface area (Å²) in [5, 5.41) is 0. The lowest BCUT2D eigenvalue weighted by Crippen LogP contribution is -2.35. The summed E-state index contributed by atoms with van der Waals surface area (Å²) < 4.78 is 0. The predicted octanol–water partition coefficient (Wildman–Crippen LogP) is 8.34. The number of thioether (sulfide) groups is 1. The fourth-order valence-corrected chi connectivity index (χ4v) is 6.97. The Morgan fingerprint density at radius 2 is 1.25 bits per heavy atom. The molecule has 0 N–H and O–H groups in total. The molecule has 0 aliphatic rings. The summed E-state index contributed by atoms with van der Waals surface area (Å²) in [4.78, 5) is 2.31. The Morgan fingerprint density at radius 3 is 1.75 bits per heavy atom. The van der Waals surface area contributed by atoms with Crippen LogP contribution in [0.2, 0.25) is 19.6 Å². The van der Waals surface area contributed by atoms with Crippen molar-refractivity contribution in [1.29, 1.82) is 0 Å². The van der Waals surface area contributed by atoms with Crippen LogP contribution >= 0.6 is 11.8 Å². The minimum Gasteiger partial charge on any atom is -0.126 e. The third-order valence-electron chi connectivity index (χ3n) is 4.81. The molecule has 0 fully saturated rings. The van der Waals surface area contributed by atoms with Crippen molar-refractivity contribution in [2.75, 3.05) is 0 Å². The van der Waals surface area contributed by atoms with Crippen molar-refractivity contribution >= 4 is 19.8 Å². The first-order valence-electron chi connectivity index (χ1n) is 10.3. The molecule has 0 aliphatic carbocycles. The largest absolute Gasteiger partial charge is 0.126 e. The van der Waals surface area contributed by atoms with Gasteiger partial charge in [-0.15, -0.1) is 11.8 Å². The fourth-order valence-electron chi connectivity index (χ4n) is 3.15. The summed E-state index contributed by atoms with van der Waals surface area (Å²) >= 11 is 2.14. The molecule has 24 heavy (non-hydrogen) atoms. The van der Waals surface area contributed by atoms with Gasteiger partial charge in [0.1, 0.15) is 0 Å². The van der Waals surface area contributed by atoms with E-state index in [9.17, 15) is 0 Å². The normalized spacial score (nSPS) is 13.2. The third kappa shape index (κ3) is 10.6. The summed E-state index contributed by atoms with van der Waals surface area (Å²) in [5.74, 6) is 0. The lowest BCUT2D eigenvalue weighted by Gasteiger charge is -2.28. The van der Waals surface area contributed by atoms with Crippen molar-refractivity contribution in [1.82, 2.24) is 0 Å². The molecule has 0 nitrogen and oxygen atoms in total. The standard InChI is InChI=1S/C22H40SSi/c1-5-6-7-8-9-10-11-12-13-17-20-22(24(2,3)4)23-21-18-15-14-16-19-21/h14-16,18-19,22H,5-13,17,20H2,1-4H3. The van der Waals surface area contributed by atoms with Gasteiger partial charge in [-0.05, 0) is 18.6 Å². The van der Waals surface area contributed by atoms with Gasteiger partial charge in [-0.25, -0.2) is 0 Å². The van der Waals surface area contributed by atoms with Crippen molar-refractivity contribution in [2.24, 2.45) is 0 Å². The second kappa shape index (κ2) is 13.1. The van der Waals surface area contributed by atoms with E-state index >= 15 is 0 Å². The zero-order valence-corrected chi connectivity index (χ0v) is 18.5. The monoisotopic (exact) mass is 364 g/mol. The van der Waals surface area contributed by atoms with Crippen LogP contribution in [0.15, 0.2) is 35.2 Å². The summed E-state index contributed by atoms with van der Waals surface area (Å²) in [6.45, 7) is 9.89. The highest BCUT2D eigenvalue weighted by Gasteiger charge is 2.27. The lowest BCUT2D eigenvalue weighted by atomic mass is 10.1. The van der Waals surface area contributed by atoms with Crippen LogP contribution in [0.3, 0.4) is 0 Å². The first kappa shape index (κ1) is 21.8. The molecular formula is C22H40SSi. The topological polar surface area (TPSA) is 0 Å². The van der Waals surface area contributed by atoms with Crippen LogP contribution in [0, 0.1) is 0 Å². The Bertz CT molecular complexity index is 396. The molecule has 0 bridgehead atoms. The van der Waals surface area contributed by atoms with E-state index < -0.39 is 8.07 Å². The van der Waals surface area contributed by atoms with Crippen LogP contribution in [0.5, 0.6) is 0 Å². The molecule has 1 rings (SSSR count). The number of hydrogen-bond acceptors (Lipinski definition) is 1. The van der Waals surface area contributed by atoms with Gasteiger partial charge in [-0.1, -0.05) is 109 Å². The van der Waals surface area contributed by atoms with Crippen molar-refractivity contribution in [2.45, 2.75) is 107 Å². The summed E-state index contributed by atoms with van der Waals surface area (Å²) in [5.41, 5.74) is 0. The summed E-state index contributed by atoms with van der Waals surface area (Å²) in [6, 6.07) is 11.0. The number of rotatable bonds is 14. The van der Waals surface area contributed by atoms with E-state index in [1.54, 1.807) is 0 Å². The van der Waals surface area contributed by atoms with Gasteiger partial charge in [0.15, 0.2) is 0 Å². The van der Waals surface area contributed by atoms with E-state index in [2.05, 4.69) is 68.7 Å². The Balaban J connectivity index is 2.15. The average Bonchev–Trinajstić information content (AvgIpc) is 2.55. The highest BCUT2D eigenvalue weighted by Crippen LogP contribution is 2.33. The average molecular weight is 365 g/mol. The molecule has 0 saturated heterocycles. The smallest absolute Gasteiger partial charge is 0.0591 e. The van der Waals surface area contributed by atoms with Crippen LogP contribution < -0.4 is 0 Å². The molecular weight excluding hydrogens is 324 g/mol. The molecule has 1 aromatic carbocycles. The van der Waals surface area contributed by atoms with E-state index in [4.69, 9.17) is 0 Å². The van der Waals surface area contributed by atoms with Crippen molar-refractivity contribution in [3.05, 3.63) is 30.3 Å². The molecule has 1 unspecified atom stereocenters. The molecule has 0 heterocycles. The van der Waals surface area contributed by atoms with Gasteiger partial charge in [0.2, 0.25) is 0 Å². The van der Waals surface area contributed by atoms with Crippen LogP contribution in [-0.2, 0) is 0 Å². The van der Waals surface area contributed by atoms with E-state index in [0.717, 1.165) is 4.87 Å². The maximum Gasteiger partial charge on any atom is 0.0591 e. The van der Waals surface area contributed by atoms with Crippen molar-refractivity contribution < 1.29 is 0 Å². The van der Waals surface area contributed by atoms with Crippen LogP contribution in [-0.4, -0.2) is 12.9 Å². The van der Waals surface area contributed by atoms with Gasteiger partial charge >= 0.3 is 0 Å². The van der Waals surface area contributed by atoms with E-state index in [0.29, 0.717) is 0 Å². The lowest BCUT2D eigenvalue weighted by molar-refractivity contribution is 0.552. The number of unbranched alkanes of at least 4 members (excludes halogenated alkanes) is 9. The highest BCUT2D eigenvalue weighted by molar-refractivity contribution is 8.01. The van der Waals surface area contributed by atoms with Crippen LogP contribution in [0.1, 0.15) is 77.6 Å². The molecule has 138 valence electrons. The van der Waals surface area contributed by atoms with E-state index in [1.165, 1.54) is 75.5 Å². The molecule has 1 aromatic rings. The zero-order valence-electron chi connectivity index (χ0n) is 16.7. The molecule has 0 spiro atoms. The van der Waals surface area contributed by atoms with Crippen molar-refractivity contribution in [3.8, 4) is 0 Å².